The van der Waals surface area contributed by atoms with Gasteiger partial charge in [0.05, 0.1) is 0 Å². The molecule has 0 N–H and O–H groups in total. The van der Waals surface area contributed by atoms with Gasteiger partial charge in [-0.1, -0.05) is 19.3 Å². The first-order valence-electron chi connectivity index (χ1n) is 5.30. The zero-order chi connectivity index (χ0) is 8.81. The van der Waals surface area contributed by atoms with E-state index in [0.717, 1.165) is 24.7 Å². The van der Waals surface area contributed by atoms with Crippen LogP contribution in [0.4, 0.5) is 0 Å². The van der Waals surface area contributed by atoms with Crippen LogP contribution in [0.15, 0.2) is 0 Å². The predicted molar refractivity (Wildman–Crippen MR) is 54.3 cm³/mol. The summed E-state index contributed by atoms with van der Waals surface area (Å²) < 4.78 is 0. The first kappa shape index (κ1) is 18.6. The van der Waals surface area contributed by atoms with E-state index in [1.165, 1.54) is 32.1 Å². The standard InChI is InChI=1S/C12H21.2Y/c1-3-6-11-8-5-9-12(10-11)7-4-2;;/h10-12H,1-9H2;;/q-3;;+3. The molecule has 0 bridgehead atoms. The summed E-state index contributed by atoms with van der Waals surface area (Å²) in [5, 5.41) is 0. The van der Waals surface area contributed by atoms with Crippen molar-refractivity contribution in [1.82, 2.24) is 0 Å². The summed E-state index contributed by atoms with van der Waals surface area (Å²) in [5.74, 6) is 1.74. The molecule has 0 aromatic carbocycles. The van der Waals surface area contributed by atoms with Gasteiger partial charge >= 0.3 is 32.7 Å². The Balaban J connectivity index is 0. The summed E-state index contributed by atoms with van der Waals surface area (Å²) in [6.07, 6.45) is 11.6. The van der Waals surface area contributed by atoms with E-state index < -0.39 is 0 Å². The number of rotatable bonds is 4. The Morgan fingerprint density at radius 1 is 1.00 bits per heavy atom. The second kappa shape index (κ2) is 11.7. The van der Waals surface area contributed by atoms with Gasteiger partial charge in [-0.05, 0) is 0 Å². The molecule has 1 fully saturated rings. The maximum atomic E-state index is 3.92. The SMILES string of the molecule is [CH2-]CCC1[CH-]C(CC[CH2-])CCC1.[Y+3].[Y]. The van der Waals surface area contributed by atoms with Crippen LogP contribution >= 0.6 is 0 Å². The Hall–Kier alpha value is 2.21. The minimum absolute atomic E-state index is 0. The fourth-order valence-electron chi connectivity index (χ4n) is 2.23. The summed E-state index contributed by atoms with van der Waals surface area (Å²) >= 11 is 0. The zero-order valence-electron chi connectivity index (χ0n) is 9.25. The van der Waals surface area contributed by atoms with Gasteiger partial charge in [0.2, 0.25) is 0 Å². The fraction of sp³-hybridized carbons (Fsp3) is 0.750. The van der Waals surface area contributed by atoms with E-state index in [-0.39, 0.29) is 65.4 Å². The van der Waals surface area contributed by atoms with Crippen LogP contribution < -0.4 is 0 Å². The molecule has 1 saturated carbocycles. The molecule has 1 rings (SSSR count). The Bertz CT molecular complexity index is 98.9. The van der Waals surface area contributed by atoms with Crippen LogP contribution in [0.5, 0.6) is 0 Å². The normalized spacial score (nSPS) is 26.1. The van der Waals surface area contributed by atoms with Gasteiger partial charge in [-0.25, -0.2) is 0 Å². The fourth-order valence-corrected chi connectivity index (χ4v) is 2.23. The van der Waals surface area contributed by atoms with Crippen LogP contribution in [-0.4, -0.2) is 0 Å². The minimum atomic E-state index is 0. The molecule has 0 spiro atoms. The van der Waals surface area contributed by atoms with Gasteiger partial charge < -0.3 is 20.3 Å². The third kappa shape index (κ3) is 7.48. The van der Waals surface area contributed by atoms with Crippen molar-refractivity contribution in [1.29, 1.82) is 0 Å². The van der Waals surface area contributed by atoms with Crippen LogP contribution in [0, 0.1) is 32.1 Å². The smallest absolute Gasteiger partial charge is 0.343 e. The molecule has 0 amide bonds. The van der Waals surface area contributed by atoms with Gasteiger partial charge in [-0.3, -0.25) is 0 Å². The molecule has 0 heterocycles. The van der Waals surface area contributed by atoms with Crippen LogP contribution in [0.25, 0.3) is 0 Å². The molecule has 1 aliphatic rings. The zero-order valence-corrected chi connectivity index (χ0v) is 14.9. The maximum absolute atomic E-state index is 3.92. The van der Waals surface area contributed by atoms with Crippen molar-refractivity contribution in [2.45, 2.75) is 44.9 Å². The molecule has 0 aromatic rings. The van der Waals surface area contributed by atoms with E-state index in [4.69, 9.17) is 0 Å². The Morgan fingerprint density at radius 2 is 1.43 bits per heavy atom. The summed E-state index contributed by atoms with van der Waals surface area (Å²) in [7, 11) is 0. The maximum Gasteiger partial charge on any atom is 3.00 e. The predicted octanol–water partition coefficient (Wildman–Crippen LogP) is 3.83. The van der Waals surface area contributed by atoms with Gasteiger partial charge in [-0.15, -0.1) is 12.8 Å². The summed E-state index contributed by atoms with van der Waals surface area (Å²) in [4.78, 5) is 0. The molecule has 1 aliphatic carbocycles. The number of hydrogen-bond donors (Lipinski definition) is 0. The first-order valence-corrected chi connectivity index (χ1v) is 5.30. The Labute approximate surface area is 141 Å². The summed E-state index contributed by atoms with van der Waals surface area (Å²) in [6, 6.07) is 0. The number of hydrogen-bond acceptors (Lipinski definition) is 0. The second-order valence-corrected chi connectivity index (χ2v) is 3.93. The van der Waals surface area contributed by atoms with Crippen molar-refractivity contribution in [3.63, 3.8) is 0 Å². The molecular weight excluding hydrogens is 322 g/mol. The monoisotopic (exact) mass is 343 g/mol. The van der Waals surface area contributed by atoms with Gasteiger partial charge in [0, 0.05) is 32.7 Å². The van der Waals surface area contributed by atoms with Crippen molar-refractivity contribution in [3.05, 3.63) is 20.3 Å². The molecule has 1 radical (unpaired) electrons. The van der Waals surface area contributed by atoms with Crippen LogP contribution in [0.3, 0.4) is 0 Å². The van der Waals surface area contributed by atoms with Crippen LogP contribution in [0.1, 0.15) is 44.9 Å². The van der Waals surface area contributed by atoms with E-state index in [2.05, 4.69) is 20.3 Å². The molecule has 0 nitrogen and oxygen atoms in total. The van der Waals surface area contributed by atoms with E-state index >= 15 is 0 Å². The van der Waals surface area contributed by atoms with Gasteiger partial charge in [-0.2, -0.15) is 24.7 Å². The molecule has 0 aliphatic heterocycles. The molecule has 0 aromatic heterocycles. The average Bonchev–Trinajstić information content (AvgIpc) is 2.06. The molecular formula is C12H21Y2. The van der Waals surface area contributed by atoms with Crippen molar-refractivity contribution >= 4 is 0 Å². The quantitative estimate of drug-likeness (QED) is 0.681. The topological polar surface area (TPSA) is 0 Å². The molecule has 0 saturated heterocycles. The Morgan fingerprint density at radius 3 is 1.79 bits per heavy atom. The third-order valence-corrected chi connectivity index (χ3v) is 2.84. The summed E-state index contributed by atoms with van der Waals surface area (Å²) in [6.45, 7) is 7.84. The van der Waals surface area contributed by atoms with Crippen molar-refractivity contribution in [2.24, 2.45) is 11.8 Å². The Kier molecular flexibility index (Phi) is 15.5. The molecule has 2 unspecified atom stereocenters. The van der Waals surface area contributed by atoms with Crippen molar-refractivity contribution in [2.75, 3.05) is 0 Å². The first-order chi connectivity index (χ1) is 5.86. The third-order valence-electron chi connectivity index (χ3n) is 2.84. The van der Waals surface area contributed by atoms with Crippen LogP contribution in [0.2, 0.25) is 0 Å². The minimum Gasteiger partial charge on any atom is -0.343 e. The molecule has 75 valence electrons. The van der Waals surface area contributed by atoms with Gasteiger partial charge in [0.15, 0.2) is 0 Å². The van der Waals surface area contributed by atoms with Gasteiger partial charge in [0.25, 0.3) is 0 Å². The summed E-state index contributed by atoms with van der Waals surface area (Å²) in [5.41, 5.74) is 0. The molecule has 14 heavy (non-hydrogen) atoms. The van der Waals surface area contributed by atoms with E-state index in [1.807, 2.05) is 0 Å². The second-order valence-electron chi connectivity index (χ2n) is 3.93. The van der Waals surface area contributed by atoms with Crippen molar-refractivity contribution < 1.29 is 65.4 Å². The molecule has 2 heteroatoms. The van der Waals surface area contributed by atoms with E-state index in [0.29, 0.717) is 0 Å². The van der Waals surface area contributed by atoms with Crippen LogP contribution in [-0.2, 0) is 65.4 Å². The average molecular weight is 343 g/mol. The van der Waals surface area contributed by atoms with E-state index in [9.17, 15) is 0 Å². The van der Waals surface area contributed by atoms with Gasteiger partial charge in [0.1, 0.15) is 0 Å². The molecule has 2 atom stereocenters. The largest absolute Gasteiger partial charge is 3.00 e. The van der Waals surface area contributed by atoms with E-state index in [1.54, 1.807) is 0 Å². The van der Waals surface area contributed by atoms with Crippen molar-refractivity contribution in [3.8, 4) is 0 Å².